The molecular weight excluding hydrogens is 328 g/mol. The number of benzene rings is 2. The molecule has 5 nitrogen and oxygen atoms in total. The zero-order valence-electron chi connectivity index (χ0n) is 13.8. The number of nitrogens with one attached hydrogen (secondary N) is 2. The highest BCUT2D eigenvalue weighted by Crippen LogP contribution is 2.21. The zero-order chi connectivity index (χ0) is 17.4. The lowest BCUT2D eigenvalue weighted by Crippen LogP contribution is -2.37. The van der Waals surface area contributed by atoms with E-state index in [-0.39, 0.29) is 6.03 Å². The molecular formula is C18H21ClN2O3. The lowest BCUT2D eigenvalue weighted by Gasteiger charge is -2.11. The summed E-state index contributed by atoms with van der Waals surface area (Å²) in [7, 11) is 1.62. The van der Waals surface area contributed by atoms with E-state index in [4.69, 9.17) is 21.1 Å². The van der Waals surface area contributed by atoms with Gasteiger partial charge >= 0.3 is 6.03 Å². The first-order valence-electron chi connectivity index (χ1n) is 7.62. The Morgan fingerprint density at radius 3 is 2.54 bits per heavy atom. The zero-order valence-corrected chi connectivity index (χ0v) is 14.5. The number of methoxy groups -OCH3 is 1. The Labute approximate surface area is 146 Å². The van der Waals surface area contributed by atoms with Crippen LogP contribution in [0.4, 0.5) is 4.79 Å². The molecule has 0 aliphatic carbocycles. The first-order valence-corrected chi connectivity index (χ1v) is 8.00. The average molecular weight is 349 g/mol. The SMILES string of the molecule is COc1ccc(CNC(=O)NCCOc2ccc(Cl)cc2C)cc1. The topological polar surface area (TPSA) is 59.6 Å². The molecule has 0 fully saturated rings. The second-order valence-corrected chi connectivity index (χ2v) is 5.65. The number of carbonyl (C=O) groups is 1. The largest absolute Gasteiger partial charge is 0.497 e. The van der Waals surface area contributed by atoms with Crippen molar-refractivity contribution in [2.24, 2.45) is 0 Å². The molecule has 128 valence electrons. The van der Waals surface area contributed by atoms with Crippen molar-refractivity contribution in [1.82, 2.24) is 10.6 Å². The van der Waals surface area contributed by atoms with Gasteiger partial charge in [0.1, 0.15) is 18.1 Å². The monoisotopic (exact) mass is 348 g/mol. The molecule has 2 aromatic rings. The van der Waals surface area contributed by atoms with Crippen molar-refractivity contribution in [3.05, 3.63) is 58.6 Å². The van der Waals surface area contributed by atoms with Gasteiger partial charge in [-0.2, -0.15) is 0 Å². The summed E-state index contributed by atoms with van der Waals surface area (Å²) < 4.78 is 10.7. The highest BCUT2D eigenvalue weighted by molar-refractivity contribution is 6.30. The second kappa shape index (κ2) is 9.03. The molecule has 0 atom stereocenters. The maximum absolute atomic E-state index is 11.7. The second-order valence-electron chi connectivity index (χ2n) is 5.22. The third-order valence-corrected chi connectivity index (χ3v) is 3.63. The van der Waals surface area contributed by atoms with Gasteiger partial charge in [-0.25, -0.2) is 4.79 Å². The number of ether oxygens (including phenoxy) is 2. The van der Waals surface area contributed by atoms with E-state index in [1.807, 2.05) is 43.3 Å². The molecule has 0 bridgehead atoms. The molecule has 24 heavy (non-hydrogen) atoms. The number of hydrogen-bond acceptors (Lipinski definition) is 3. The van der Waals surface area contributed by atoms with Gasteiger partial charge in [-0.15, -0.1) is 0 Å². The first-order chi connectivity index (χ1) is 11.6. The number of hydrogen-bond donors (Lipinski definition) is 2. The van der Waals surface area contributed by atoms with Crippen LogP contribution in [0.5, 0.6) is 11.5 Å². The van der Waals surface area contributed by atoms with Gasteiger partial charge in [0.05, 0.1) is 13.7 Å². The number of aryl methyl sites for hydroxylation is 1. The van der Waals surface area contributed by atoms with E-state index in [1.54, 1.807) is 13.2 Å². The van der Waals surface area contributed by atoms with Crippen LogP contribution in [0.1, 0.15) is 11.1 Å². The van der Waals surface area contributed by atoms with Crippen LogP contribution in [0.2, 0.25) is 5.02 Å². The van der Waals surface area contributed by atoms with Crippen molar-refractivity contribution >= 4 is 17.6 Å². The van der Waals surface area contributed by atoms with Crippen LogP contribution in [-0.4, -0.2) is 26.3 Å². The Hall–Kier alpha value is -2.40. The fourth-order valence-corrected chi connectivity index (χ4v) is 2.32. The van der Waals surface area contributed by atoms with E-state index < -0.39 is 0 Å². The normalized spacial score (nSPS) is 10.1. The Morgan fingerprint density at radius 2 is 1.88 bits per heavy atom. The number of amides is 2. The van der Waals surface area contributed by atoms with Gasteiger partial charge in [0, 0.05) is 11.6 Å². The predicted octanol–water partition coefficient (Wildman–Crippen LogP) is 3.54. The van der Waals surface area contributed by atoms with Crippen LogP contribution in [0.3, 0.4) is 0 Å². The van der Waals surface area contributed by atoms with Gasteiger partial charge < -0.3 is 20.1 Å². The summed E-state index contributed by atoms with van der Waals surface area (Å²) in [6.07, 6.45) is 0. The Bertz CT molecular complexity index is 674. The first kappa shape index (κ1) is 17.9. The summed E-state index contributed by atoms with van der Waals surface area (Å²) in [5, 5.41) is 6.22. The molecule has 0 saturated heterocycles. The average Bonchev–Trinajstić information content (AvgIpc) is 2.59. The molecule has 0 unspecified atom stereocenters. The molecule has 0 aromatic heterocycles. The maximum atomic E-state index is 11.7. The lowest BCUT2D eigenvalue weighted by molar-refractivity contribution is 0.236. The Balaban J connectivity index is 1.65. The van der Waals surface area contributed by atoms with Gasteiger partial charge in [0.25, 0.3) is 0 Å². The molecule has 0 radical (unpaired) electrons. The summed E-state index contributed by atoms with van der Waals surface area (Å²) in [6.45, 7) is 3.18. The third kappa shape index (κ3) is 5.66. The highest BCUT2D eigenvalue weighted by atomic mass is 35.5. The molecule has 2 N–H and O–H groups in total. The molecule has 0 aliphatic heterocycles. The van der Waals surface area contributed by atoms with Crippen molar-refractivity contribution in [1.29, 1.82) is 0 Å². The van der Waals surface area contributed by atoms with E-state index >= 15 is 0 Å². The quantitative estimate of drug-likeness (QED) is 0.752. The molecule has 6 heteroatoms. The maximum Gasteiger partial charge on any atom is 0.315 e. The Morgan fingerprint density at radius 1 is 1.12 bits per heavy atom. The van der Waals surface area contributed by atoms with Crippen LogP contribution in [0.25, 0.3) is 0 Å². The number of urea groups is 1. The lowest BCUT2D eigenvalue weighted by atomic mass is 10.2. The number of carbonyl (C=O) groups excluding carboxylic acids is 1. The van der Waals surface area contributed by atoms with E-state index in [9.17, 15) is 4.79 Å². The van der Waals surface area contributed by atoms with Crippen molar-refractivity contribution < 1.29 is 14.3 Å². The molecule has 2 amide bonds. The Kier molecular flexibility index (Phi) is 6.75. The fraction of sp³-hybridized carbons (Fsp3) is 0.278. The van der Waals surface area contributed by atoms with Gasteiger partial charge in [-0.1, -0.05) is 23.7 Å². The smallest absolute Gasteiger partial charge is 0.315 e. The van der Waals surface area contributed by atoms with Crippen molar-refractivity contribution in [2.45, 2.75) is 13.5 Å². The van der Waals surface area contributed by atoms with Gasteiger partial charge in [0.2, 0.25) is 0 Å². The van der Waals surface area contributed by atoms with Gasteiger partial charge in [-0.05, 0) is 48.4 Å². The fourth-order valence-electron chi connectivity index (χ4n) is 2.09. The van der Waals surface area contributed by atoms with Crippen LogP contribution in [0.15, 0.2) is 42.5 Å². The number of halogens is 1. The van der Waals surface area contributed by atoms with Gasteiger partial charge in [-0.3, -0.25) is 0 Å². The van der Waals surface area contributed by atoms with Crippen molar-refractivity contribution in [2.75, 3.05) is 20.3 Å². The molecule has 0 aliphatic rings. The summed E-state index contributed by atoms with van der Waals surface area (Å²) in [6, 6.07) is 12.7. The minimum Gasteiger partial charge on any atom is -0.497 e. The molecule has 0 spiro atoms. The van der Waals surface area contributed by atoms with E-state index in [0.29, 0.717) is 24.7 Å². The molecule has 2 aromatic carbocycles. The van der Waals surface area contributed by atoms with Gasteiger partial charge in [0.15, 0.2) is 0 Å². The van der Waals surface area contributed by atoms with E-state index in [0.717, 1.165) is 22.6 Å². The summed E-state index contributed by atoms with van der Waals surface area (Å²) in [4.78, 5) is 11.7. The standard InChI is InChI=1S/C18H21ClN2O3/c1-13-11-15(19)5-8-17(13)24-10-9-20-18(22)21-12-14-3-6-16(23-2)7-4-14/h3-8,11H,9-10,12H2,1-2H3,(H2,20,21,22). The minimum absolute atomic E-state index is 0.234. The summed E-state index contributed by atoms with van der Waals surface area (Å²) in [5.41, 5.74) is 1.96. The summed E-state index contributed by atoms with van der Waals surface area (Å²) in [5.74, 6) is 1.55. The van der Waals surface area contributed by atoms with Crippen LogP contribution >= 0.6 is 11.6 Å². The predicted molar refractivity (Wildman–Crippen MR) is 94.9 cm³/mol. The summed E-state index contributed by atoms with van der Waals surface area (Å²) >= 11 is 5.89. The van der Waals surface area contributed by atoms with Crippen molar-refractivity contribution in [3.8, 4) is 11.5 Å². The molecule has 0 heterocycles. The molecule has 0 saturated carbocycles. The third-order valence-electron chi connectivity index (χ3n) is 3.39. The van der Waals surface area contributed by atoms with Crippen LogP contribution in [0, 0.1) is 6.92 Å². The highest BCUT2D eigenvalue weighted by Gasteiger charge is 2.03. The van der Waals surface area contributed by atoms with Crippen LogP contribution in [-0.2, 0) is 6.54 Å². The van der Waals surface area contributed by atoms with Crippen LogP contribution < -0.4 is 20.1 Å². The minimum atomic E-state index is -0.234. The van der Waals surface area contributed by atoms with E-state index in [2.05, 4.69) is 10.6 Å². The number of rotatable bonds is 7. The molecule has 2 rings (SSSR count). The van der Waals surface area contributed by atoms with E-state index in [1.165, 1.54) is 0 Å². The van der Waals surface area contributed by atoms with Crippen molar-refractivity contribution in [3.63, 3.8) is 0 Å².